The highest BCUT2D eigenvalue weighted by molar-refractivity contribution is 6.67. The molecule has 0 atom stereocenters. The summed E-state index contributed by atoms with van der Waals surface area (Å²) >= 11 is 5.00. The predicted octanol–water partition coefficient (Wildman–Crippen LogP) is 4.72. The Hall–Kier alpha value is -1.63. The molecule has 0 saturated heterocycles. The smallest absolute Gasteiger partial charge is 0.258 e. The van der Waals surface area contributed by atoms with Crippen LogP contribution in [0.15, 0.2) is 23.2 Å². The van der Waals surface area contributed by atoms with E-state index in [-0.39, 0.29) is 5.41 Å². The van der Waals surface area contributed by atoms with Gasteiger partial charge in [-0.25, -0.2) is 4.99 Å². The van der Waals surface area contributed by atoms with Crippen LogP contribution in [0.25, 0.3) is 0 Å². The van der Waals surface area contributed by atoms with E-state index in [1.807, 2.05) is 20.8 Å². The van der Waals surface area contributed by atoms with Gasteiger partial charge in [-0.2, -0.15) is 13.2 Å². The lowest BCUT2D eigenvalue weighted by Gasteiger charge is -2.18. The maximum Gasteiger partial charge on any atom is 0.444 e. The van der Waals surface area contributed by atoms with Crippen molar-refractivity contribution in [2.75, 3.05) is 0 Å². The molecule has 0 spiro atoms. The number of rotatable bonds is 2. The molecule has 0 radical (unpaired) electrons. The standard InChI is InChI=1S/C12H12ClF3N2O2/c1-11(2,3)7-4-5-8(9(6-7)18(19)20)17-10(13)12(14,15)16/h4-6H,1-3H3. The molecular formula is C12H12ClF3N2O2. The number of benzene rings is 1. The van der Waals surface area contributed by atoms with Gasteiger partial charge in [0.1, 0.15) is 5.69 Å². The summed E-state index contributed by atoms with van der Waals surface area (Å²) in [6, 6.07) is 3.86. The molecule has 0 unspecified atom stereocenters. The van der Waals surface area contributed by atoms with Gasteiger partial charge in [-0.15, -0.1) is 0 Å². The zero-order valence-corrected chi connectivity index (χ0v) is 11.7. The number of aliphatic imine (C=N–C) groups is 1. The first-order valence-corrected chi connectivity index (χ1v) is 5.91. The number of nitrogens with zero attached hydrogens (tertiary/aromatic N) is 2. The summed E-state index contributed by atoms with van der Waals surface area (Å²) < 4.78 is 36.9. The minimum absolute atomic E-state index is 0.374. The second-order valence-corrected chi connectivity index (χ2v) is 5.47. The van der Waals surface area contributed by atoms with E-state index >= 15 is 0 Å². The molecular weight excluding hydrogens is 297 g/mol. The van der Waals surface area contributed by atoms with Crippen LogP contribution in [0.3, 0.4) is 0 Å². The molecule has 0 aliphatic carbocycles. The van der Waals surface area contributed by atoms with Crippen LogP contribution in [-0.2, 0) is 5.41 Å². The first-order valence-electron chi connectivity index (χ1n) is 5.53. The Bertz CT molecular complexity index is 563. The van der Waals surface area contributed by atoms with E-state index in [2.05, 4.69) is 4.99 Å². The molecule has 1 aromatic rings. The molecule has 8 heteroatoms. The number of nitro groups is 1. The summed E-state index contributed by atoms with van der Waals surface area (Å²) in [4.78, 5) is 13.3. The molecule has 20 heavy (non-hydrogen) atoms. The third kappa shape index (κ3) is 3.93. The quantitative estimate of drug-likeness (QED) is 0.451. The highest BCUT2D eigenvalue weighted by Crippen LogP contribution is 2.34. The Morgan fingerprint density at radius 3 is 2.25 bits per heavy atom. The van der Waals surface area contributed by atoms with Crippen molar-refractivity contribution in [1.82, 2.24) is 0 Å². The zero-order chi connectivity index (χ0) is 15.7. The third-order valence-electron chi connectivity index (χ3n) is 2.49. The number of nitro benzene ring substituents is 1. The van der Waals surface area contributed by atoms with Gasteiger partial charge < -0.3 is 0 Å². The Balaban J connectivity index is 3.40. The van der Waals surface area contributed by atoms with E-state index in [9.17, 15) is 23.3 Å². The van der Waals surface area contributed by atoms with Gasteiger partial charge in [0.05, 0.1) is 4.92 Å². The van der Waals surface area contributed by atoms with Crippen molar-refractivity contribution in [1.29, 1.82) is 0 Å². The molecule has 0 aliphatic heterocycles. The van der Waals surface area contributed by atoms with Crippen molar-refractivity contribution in [2.24, 2.45) is 4.99 Å². The van der Waals surface area contributed by atoms with Crippen LogP contribution in [0.1, 0.15) is 26.3 Å². The van der Waals surface area contributed by atoms with Crippen molar-refractivity contribution in [3.8, 4) is 0 Å². The highest BCUT2D eigenvalue weighted by Gasteiger charge is 2.35. The summed E-state index contributed by atoms with van der Waals surface area (Å²) in [7, 11) is 0. The van der Waals surface area contributed by atoms with Crippen molar-refractivity contribution in [3.63, 3.8) is 0 Å². The number of alkyl halides is 3. The van der Waals surface area contributed by atoms with Crippen LogP contribution in [0.2, 0.25) is 0 Å². The Morgan fingerprint density at radius 2 is 1.85 bits per heavy atom. The molecule has 0 bridgehead atoms. The van der Waals surface area contributed by atoms with Crippen molar-refractivity contribution in [2.45, 2.75) is 32.4 Å². The van der Waals surface area contributed by atoms with Crippen LogP contribution < -0.4 is 0 Å². The third-order valence-corrected chi connectivity index (χ3v) is 2.79. The zero-order valence-electron chi connectivity index (χ0n) is 11.0. The van der Waals surface area contributed by atoms with Gasteiger partial charge in [-0.3, -0.25) is 10.1 Å². The molecule has 1 aromatic carbocycles. The fourth-order valence-electron chi connectivity index (χ4n) is 1.40. The van der Waals surface area contributed by atoms with Gasteiger partial charge in [0.15, 0.2) is 0 Å². The molecule has 110 valence electrons. The number of hydrogen-bond donors (Lipinski definition) is 0. The van der Waals surface area contributed by atoms with E-state index in [4.69, 9.17) is 11.6 Å². The molecule has 0 amide bonds. The molecule has 0 heterocycles. The summed E-state index contributed by atoms with van der Waals surface area (Å²) in [5.74, 6) is 0. The van der Waals surface area contributed by atoms with Gasteiger partial charge in [0, 0.05) is 6.07 Å². The molecule has 4 nitrogen and oxygen atoms in total. The van der Waals surface area contributed by atoms with Gasteiger partial charge in [-0.05, 0) is 17.0 Å². The predicted molar refractivity (Wildman–Crippen MR) is 70.8 cm³/mol. The fourth-order valence-corrected chi connectivity index (χ4v) is 1.49. The van der Waals surface area contributed by atoms with Crippen molar-refractivity contribution >= 4 is 28.1 Å². The molecule has 0 aromatic heterocycles. The highest BCUT2D eigenvalue weighted by atomic mass is 35.5. The Kier molecular flexibility index (Phi) is 4.43. The Morgan fingerprint density at radius 1 is 1.30 bits per heavy atom. The van der Waals surface area contributed by atoms with Gasteiger partial charge in [-0.1, -0.05) is 38.4 Å². The van der Waals surface area contributed by atoms with Crippen LogP contribution in [0.4, 0.5) is 24.5 Å². The van der Waals surface area contributed by atoms with Gasteiger partial charge in [0.2, 0.25) is 5.17 Å². The fraction of sp³-hybridized carbons (Fsp3) is 0.417. The summed E-state index contributed by atoms with van der Waals surface area (Å²) in [5.41, 5.74) is -0.697. The number of hydrogen-bond acceptors (Lipinski definition) is 3. The van der Waals surface area contributed by atoms with Crippen LogP contribution in [-0.4, -0.2) is 16.3 Å². The van der Waals surface area contributed by atoms with Crippen LogP contribution in [0, 0.1) is 10.1 Å². The van der Waals surface area contributed by atoms with E-state index < -0.39 is 27.6 Å². The molecule has 0 N–H and O–H groups in total. The Labute approximate surface area is 118 Å². The normalized spacial score (nSPS) is 13.4. The minimum Gasteiger partial charge on any atom is -0.258 e. The maximum absolute atomic E-state index is 12.3. The number of halogens is 4. The lowest BCUT2D eigenvalue weighted by molar-refractivity contribution is -0.384. The summed E-state index contributed by atoms with van der Waals surface area (Å²) in [6.45, 7) is 5.49. The topological polar surface area (TPSA) is 55.5 Å². The lowest BCUT2D eigenvalue weighted by Crippen LogP contribution is -2.16. The first-order chi connectivity index (χ1) is 8.93. The van der Waals surface area contributed by atoms with E-state index in [0.717, 1.165) is 6.07 Å². The average molecular weight is 309 g/mol. The SMILES string of the molecule is CC(C)(C)c1ccc(N=C(Cl)C(F)(F)F)c([N+](=O)[O-])c1. The van der Waals surface area contributed by atoms with Gasteiger partial charge in [0.25, 0.3) is 5.69 Å². The van der Waals surface area contributed by atoms with Crippen LogP contribution >= 0.6 is 11.6 Å². The second-order valence-electron chi connectivity index (χ2n) is 5.11. The second kappa shape index (κ2) is 5.40. The van der Waals surface area contributed by atoms with E-state index in [1.165, 1.54) is 12.1 Å². The first kappa shape index (κ1) is 16.4. The summed E-state index contributed by atoms with van der Waals surface area (Å²) in [6.07, 6.45) is -4.84. The summed E-state index contributed by atoms with van der Waals surface area (Å²) in [5, 5.41) is 9.30. The van der Waals surface area contributed by atoms with Crippen molar-refractivity contribution in [3.05, 3.63) is 33.9 Å². The van der Waals surface area contributed by atoms with E-state index in [0.29, 0.717) is 5.56 Å². The van der Waals surface area contributed by atoms with Crippen LogP contribution in [0.5, 0.6) is 0 Å². The maximum atomic E-state index is 12.3. The molecule has 0 saturated carbocycles. The van der Waals surface area contributed by atoms with Gasteiger partial charge >= 0.3 is 6.18 Å². The molecule has 0 fully saturated rings. The van der Waals surface area contributed by atoms with Crippen molar-refractivity contribution < 1.29 is 18.1 Å². The monoisotopic (exact) mass is 308 g/mol. The molecule has 1 rings (SSSR count). The van der Waals surface area contributed by atoms with E-state index in [1.54, 1.807) is 0 Å². The lowest BCUT2D eigenvalue weighted by atomic mass is 9.86. The molecule has 0 aliphatic rings. The largest absolute Gasteiger partial charge is 0.444 e. The average Bonchev–Trinajstić information content (AvgIpc) is 2.26. The minimum atomic E-state index is -4.84.